The van der Waals surface area contributed by atoms with Gasteiger partial charge in [-0.3, -0.25) is 4.98 Å². The molecule has 0 amide bonds. The number of hydrogen-bond donors (Lipinski definition) is 2. The number of carbonyl (C=O) groups is 1. The number of hydrogen-bond acceptors (Lipinski definition) is 7. The molecule has 8 nitrogen and oxygen atoms in total. The van der Waals surface area contributed by atoms with E-state index in [9.17, 15) is 9.90 Å². The molecule has 0 saturated carbocycles. The third kappa shape index (κ3) is 2.70. The lowest BCUT2D eigenvalue weighted by Crippen LogP contribution is -2.51. The Kier molecular flexibility index (Phi) is 4.21. The normalized spacial score (nSPS) is 14.5. The fourth-order valence-electron chi connectivity index (χ4n) is 2.60. The number of nitrogens with zero attached hydrogens (tertiary/aromatic N) is 5. The van der Waals surface area contributed by atoms with Crippen molar-refractivity contribution >= 4 is 5.97 Å². The van der Waals surface area contributed by atoms with Gasteiger partial charge in [0.25, 0.3) is 0 Å². The van der Waals surface area contributed by atoms with Crippen LogP contribution in [0.25, 0.3) is 0 Å². The van der Waals surface area contributed by atoms with Gasteiger partial charge in [0, 0.05) is 24.8 Å². The van der Waals surface area contributed by atoms with Gasteiger partial charge in [-0.1, -0.05) is 6.07 Å². The van der Waals surface area contributed by atoms with Gasteiger partial charge in [0.15, 0.2) is 5.54 Å². The molecule has 3 aromatic rings. The monoisotopic (exact) mass is 322 g/mol. The van der Waals surface area contributed by atoms with Crippen LogP contribution in [0.2, 0.25) is 0 Å². The summed E-state index contributed by atoms with van der Waals surface area (Å²) in [5.41, 5.74) is 5.79. The van der Waals surface area contributed by atoms with Gasteiger partial charge in [0.05, 0.1) is 17.3 Å². The van der Waals surface area contributed by atoms with Crippen LogP contribution in [0, 0.1) is 0 Å². The molecule has 0 radical (unpaired) electrons. The summed E-state index contributed by atoms with van der Waals surface area (Å²) in [5.74, 6) is -2.03. The Morgan fingerprint density at radius 3 is 2.33 bits per heavy atom. The van der Waals surface area contributed by atoms with E-state index in [1.807, 2.05) is 0 Å². The van der Waals surface area contributed by atoms with Crippen molar-refractivity contribution in [3.05, 3.63) is 78.7 Å². The van der Waals surface area contributed by atoms with E-state index in [-0.39, 0.29) is 5.69 Å². The molecule has 3 aromatic heterocycles. The summed E-state index contributed by atoms with van der Waals surface area (Å²) in [5, 5.41) is 9.93. The number of aromatic nitrogens is 5. The van der Waals surface area contributed by atoms with E-state index in [0.717, 1.165) is 0 Å². The maximum Gasteiger partial charge on any atom is 0.331 e. The molecule has 0 aliphatic carbocycles. The van der Waals surface area contributed by atoms with Crippen molar-refractivity contribution < 1.29 is 9.90 Å². The van der Waals surface area contributed by atoms with E-state index in [1.54, 1.807) is 30.6 Å². The Bertz CT molecular complexity index is 776. The second-order valence-electron chi connectivity index (χ2n) is 5.12. The third-order valence-corrected chi connectivity index (χ3v) is 3.73. The van der Waals surface area contributed by atoms with Gasteiger partial charge in [-0.2, -0.15) is 0 Å². The van der Waals surface area contributed by atoms with E-state index in [2.05, 4.69) is 24.9 Å². The van der Waals surface area contributed by atoms with Crippen molar-refractivity contribution in [2.75, 3.05) is 0 Å². The smallest absolute Gasteiger partial charge is 0.331 e. The van der Waals surface area contributed by atoms with Gasteiger partial charge in [0.2, 0.25) is 0 Å². The van der Waals surface area contributed by atoms with Crippen LogP contribution in [0.4, 0.5) is 0 Å². The summed E-state index contributed by atoms with van der Waals surface area (Å²) in [4.78, 5) is 32.2. The number of pyridine rings is 1. The summed E-state index contributed by atoms with van der Waals surface area (Å²) in [6.07, 6.45) is 8.77. The first-order valence-corrected chi connectivity index (χ1v) is 7.08. The molecule has 0 aliphatic heterocycles. The van der Waals surface area contributed by atoms with E-state index < -0.39 is 17.4 Å². The third-order valence-electron chi connectivity index (χ3n) is 3.73. The highest BCUT2D eigenvalue weighted by Crippen LogP contribution is 2.38. The van der Waals surface area contributed by atoms with Gasteiger partial charge >= 0.3 is 5.97 Å². The summed E-state index contributed by atoms with van der Waals surface area (Å²) in [6, 6.07) is 6.58. The molecule has 8 heteroatoms. The summed E-state index contributed by atoms with van der Waals surface area (Å²) in [7, 11) is 0. The molecule has 120 valence electrons. The minimum Gasteiger partial charge on any atom is -0.480 e. The van der Waals surface area contributed by atoms with E-state index in [1.165, 1.54) is 31.1 Å². The first-order valence-electron chi connectivity index (χ1n) is 7.08. The number of aliphatic carboxylic acids is 1. The molecular formula is C16H14N6O2. The van der Waals surface area contributed by atoms with Crippen molar-refractivity contribution in [2.24, 2.45) is 5.73 Å². The topological polar surface area (TPSA) is 128 Å². The van der Waals surface area contributed by atoms with Gasteiger partial charge in [0.1, 0.15) is 12.7 Å². The van der Waals surface area contributed by atoms with Crippen LogP contribution >= 0.6 is 0 Å². The molecule has 0 spiro atoms. The highest BCUT2D eigenvalue weighted by molar-refractivity contribution is 5.82. The average Bonchev–Trinajstić information content (AvgIpc) is 2.64. The number of carboxylic acid groups (broad SMARTS) is 1. The molecule has 2 unspecified atom stereocenters. The van der Waals surface area contributed by atoms with Gasteiger partial charge < -0.3 is 10.8 Å². The van der Waals surface area contributed by atoms with Crippen LogP contribution in [0.15, 0.2) is 61.7 Å². The maximum absolute atomic E-state index is 12.2. The largest absolute Gasteiger partial charge is 0.480 e. The summed E-state index contributed by atoms with van der Waals surface area (Å²) >= 11 is 0. The highest BCUT2D eigenvalue weighted by Gasteiger charge is 2.48. The second-order valence-corrected chi connectivity index (χ2v) is 5.12. The number of rotatable bonds is 5. The molecular weight excluding hydrogens is 308 g/mol. The molecule has 0 bridgehead atoms. The summed E-state index contributed by atoms with van der Waals surface area (Å²) in [6.45, 7) is 0. The number of nitrogens with two attached hydrogens (primary N) is 1. The zero-order valence-corrected chi connectivity index (χ0v) is 12.5. The molecule has 2 atom stereocenters. The van der Waals surface area contributed by atoms with Gasteiger partial charge in [-0.15, -0.1) is 0 Å². The fourth-order valence-corrected chi connectivity index (χ4v) is 2.60. The first kappa shape index (κ1) is 15.6. The lowest BCUT2D eigenvalue weighted by Gasteiger charge is -2.32. The van der Waals surface area contributed by atoms with Crippen molar-refractivity contribution in [1.29, 1.82) is 0 Å². The van der Waals surface area contributed by atoms with Gasteiger partial charge in [-0.05, 0) is 23.8 Å². The van der Waals surface area contributed by atoms with Crippen LogP contribution < -0.4 is 5.73 Å². The molecule has 0 aliphatic rings. The predicted molar refractivity (Wildman–Crippen MR) is 83.6 cm³/mol. The van der Waals surface area contributed by atoms with Crippen LogP contribution in [0.1, 0.15) is 22.9 Å². The van der Waals surface area contributed by atoms with Crippen LogP contribution in [-0.2, 0) is 10.3 Å². The van der Waals surface area contributed by atoms with E-state index >= 15 is 0 Å². The lowest BCUT2D eigenvalue weighted by molar-refractivity contribution is -0.144. The van der Waals surface area contributed by atoms with Crippen LogP contribution in [-0.4, -0.2) is 36.0 Å². The zero-order valence-electron chi connectivity index (χ0n) is 12.5. The molecule has 0 aromatic carbocycles. The Morgan fingerprint density at radius 1 is 1.04 bits per heavy atom. The average molecular weight is 322 g/mol. The Labute approximate surface area is 137 Å². The molecule has 0 fully saturated rings. The predicted octanol–water partition coefficient (Wildman–Crippen LogP) is 0.732. The van der Waals surface area contributed by atoms with Crippen molar-refractivity contribution in [1.82, 2.24) is 24.9 Å². The van der Waals surface area contributed by atoms with E-state index in [4.69, 9.17) is 5.73 Å². The van der Waals surface area contributed by atoms with Crippen LogP contribution in [0.5, 0.6) is 0 Å². The first-order chi connectivity index (χ1) is 11.6. The Balaban J connectivity index is 2.25. The quantitative estimate of drug-likeness (QED) is 0.703. The molecule has 0 saturated heterocycles. The molecule has 3 N–H and O–H groups in total. The highest BCUT2D eigenvalue weighted by atomic mass is 16.4. The minimum atomic E-state index is -1.85. The fraction of sp³-hybridized carbons (Fsp3) is 0.125. The van der Waals surface area contributed by atoms with Gasteiger partial charge in [-0.25, -0.2) is 24.7 Å². The number of carboxylic acids is 1. The van der Waals surface area contributed by atoms with Crippen molar-refractivity contribution in [2.45, 2.75) is 11.5 Å². The Morgan fingerprint density at radius 2 is 1.79 bits per heavy atom. The molecule has 3 rings (SSSR count). The zero-order chi connectivity index (χ0) is 17.0. The SMILES string of the molecule is NC(C(=O)O)(c1ccncn1)C(c1cccnc1)c1ccncn1. The van der Waals surface area contributed by atoms with E-state index in [0.29, 0.717) is 11.3 Å². The second kappa shape index (κ2) is 6.47. The Hall–Kier alpha value is -3.26. The molecule has 24 heavy (non-hydrogen) atoms. The summed E-state index contributed by atoms with van der Waals surface area (Å²) < 4.78 is 0. The maximum atomic E-state index is 12.2. The van der Waals surface area contributed by atoms with Crippen LogP contribution in [0.3, 0.4) is 0 Å². The van der Waals surface area contributed by atoms with Crippen molar-refractivity contribution in [3.63, 3.8) is 0 Å². The van der Waals surface area contributed by atoms with Crippen molar-refractivity contribution in [3.8, 4) is 0 Å². The minimum absolute atomic E-state index is 0.178. The standard InChI is InChI=1S/C16H14N6O2/c17-16(15(23)24,13-4-7-20-10-22-13)14(11-2-1-5-18-8-11)12-3-6-19-9-21-12/h1-10,14H,17H2,(H,23,24). The lowest BCUT2D eigenvalue weighted by atomic mass is 9.75. The molecule has 3 heterocycles.